The van der Waals surface area contributed by atoms with E-state index in [9.17, 15) is 18.4 Å². The predicted octanol–water partition coefficient (Wildman–Crippen LogP) is 4.11. The van der Waals surface area contributed by atoms with Crippen LogP contribution in [0, 0.1) is 17.6 Å². The molecule has 180 valence electrons. The van der Waals surface area contributed by atoms with Crippen LogP contribution in [0.2, 0.25) is 0 Å². The minimum atomic E-state index is -0.884. The molecule has 1 saturated heterocycles. The minimum Gasteiger partial charge on any atom is -0.471 e. The molecule has 1 fully saturated rings. The summed E-state index contributed by atoms with van der Waals surface area (Å²) in [6, 6.07) is 1.69. The molecular weight excluding hydrogens is 520 g/mol. The zero-order valence-corrected chi connectivity index (χ0v) is 20.5. The molecule has 1 aromatic heterocycles. The van der Waals surface area contributed by atoms with Crippen molar-refractivity contribution >= 4 is 44.4 Å². The number of likely N-dealkylation sites (tertiary alicyclic amines) is 1. The highest BCUT2D eigenvalue weighted by Crippen LogP contribution is 2.31. The summed E-state index contributed by atoms with van der Waals surface area (Å²) in [4.78, 5) is 26.5. The number of unbranched alkanes of at least 4 members (excludes halogenated alkanes) is 1. The number of carbonyl (C=O) groups excluding carboxylic acids is 2. The highest BCUT2D eigenvalue weighted by Gasteiger charge is 2.23. The Labute approximate surface area is 203 Å². The lowest BCUT2D eigenvalue weighted by molar-refractivity contribution is 0.0996. The molecule has 0 saturated carbocycles. The molecule has 12 heteroatoms. The topological polar surface area (TPSA) is 110 Å². The van der Waals surface area contributed by atoms with E-state index in [2.05, 4.69) is 42.8 Å². The lowest BCUT2D eigenvalue weighted by Gasteiger charge is -2.14. The Bertz CT molecular complexity index is 983. The van der Waals surface area contributed by atoms with Crippen molar-refractivity contribution in [2.75, 3.05) is 31.5 Å². The molecule has 2 aromatic rings. The molecule has 2 heterocycles. The van der Waals surface area contributed by atoms with E-state index in [4.69, 9.17) is 10.5 Å². The second-order valence-electron chi connectivity index (χ2n) is 7.98. The standard InChI is InChI=1S/C21H26BrF2N5O3S/c1-12-4-7-29(10-12)6-3-2-5-26-21(31)27-20-17(18(25)30)19(28-33-20)32-11-14-15(23)8-13(22)9-16(14)24/h8-9,12H,2-7,10-11H2,1H3,(H2,25,30)(H2,26,27,31). The molecule has 1 aliphatic heterocycles. The van der Waals surface area contributed by atoms with Crippen molar-refractivity contribution in [2.45, 2.75) is 32.8 Å². The summed E-state index contributed by atoms with van der Waals surface area (Å²) >= 11 is 3.79. The zero-order chi connectivity index (χ0) is 24.0. The number of carbonyl (C=O) groups is 2. The molecule has 4 N–H and O–H groups in total. The van der Waals surface area contributed by atoms with Crippen LogP contribution in [-0.4, -0.2) is 47.4 Å². The normalized spacial score (nSPS) is 16.1. The van der Waals surface area contributed by atoms with Crippen LogP contribution in [0.3, 0.4) is 0 Å². The van der Waals surface area contributed by atoms with E-state index >= 15 is 0 Å². The summed E-state index contributed by atoms with van der Waals surface area (Å²) in [5.74, 6) is -1.96. The number of amides is 3. The van der Waals surface area contributed by atoms with Crippen LogP contribution in [0.1, 0.15) is 42.1 Å². The van der Waals surface area contributed by atoms with Gasteiger partial charge in [-0.25, -0.2) is 13.6 Å². The van der Waals surface area contributed by atoms with Gasteiger partial charge in [-0.2, -0.15) is 4.37 Å². The maximum atomic E-state index is 14.0. The molecular formula is C21H26BrF2N5O3S. The van der Waals surface area contributed by atoms with Gasteiger partial charge in [0, 0.05) is 17.6 Å². The summed E-state index contributed by atoms with van der Waals surface area (Å²) in [6.07, 6.45) is 3.03. The highest BCUT2D eigenvalue weighted by molar-refractivity contribution is 9.10. The number of nitrogens with zero attached hydrogens (tertiary/aromatic N) is 2. The van der Waals surface area contributed by atoms with Crippen molar-refractivity contribution in [3.63, 3.8) is 0 Å². The molecule has 0 radical (unpaired) electrons. The second kappa shape index (κ2) is 11.7. The van der Waals surface area contributed by atoms with E-state index in [1.807, 2.05) is 0 Å². The molecule has 0 bridgehead atoms. The number of halogens is 3. The maximum Gasteiger partial charge on any atom is 0.319 e. The Hall–Kier alpha value is -2.31. The SMILES string of the molecule is CC1CCN(CCCCNC(=O)Nc2snc(OCc3c(F)cc(Br)cc3F)c2C(N)=O)C1. The molecule has 3 rings (SSSR count). The number of nitrogens with one attached hydrogen (secondary N) is 2. The molecule has 0 spiro atoms. The van der Waals surface area contributed by atoms with Gasteiger partial charge in [-0.05, 0) is 61.9 Å². The number of hydrogen-bond acceptors (Lipinski definition) is 6. The summed E-state index contributed by atoms with van der Waals surface area (Å²) in [7, 11) is 0. The number of ether oxygens (including phenoxy) is 1. The first-order valence-corrected chi connectivity index (χ1v) is 12.1. The minimum absolute atomic E-state index is 0.0952. The molecule has 1 aromatic carbocycles. The Morgan fingerprint density at radius 3 is 2.70 bits per heavy atom. The second-order valence-corrected chi connectivity index (χ2v) is 9.66. The first kappa shape index (κ1) is 25.3. The number of aromatic nitrogens is 1. The van der Waals surface area contributed by atoms with Crippen LogP contribution in [-0.2, 0) is 6.61 Å². The molecule has 1 unspecified atom stereocenters. The highest BCUT2D eigenvalue weighted by atomic mass is 79.9. The summed E-state index contributed by atoms with van der Waals surface area (Å²) in [6.45, 7) is 5.48. The molecule has 1 aliphatic rings. The van der Waals surface area contributed by atoms with Crippen molar-refractivity contribution in [3.8, 4) is 5.88 Å². The van der Waals surface area contributed by atoms with Gasteiger partial charge in [-0.15, -0.1) is 0 Å². The summed E-state index contributed by atoms with van der Waals surface area (Å²) in [5.41, 5.74) is 4.93. The molecule has 0 aliphatic carbocycles. The van der Waals surface area contributed by atoms with Crippen LogP contribution in [0.15, 0.2) is 16.6 Å². The molecule has 3 amide bonds. The number of hydrogen-bond donors (Lipinski definition) is 3. The van der Waals surface area contributed by atoms with Crippen molar-refractivity contribution in [2.24, 2.45) is 11.7 Å². The Balaban J connectivity index is 1.50. The number of nitrogens with two attached hydrogens (primary N) is 1. The Kier molecular flexibility index (Phi) is 8.98. The molecule has 1 atom stereocenters. The zero-order valence-electron chi connectivity index (χ0n) is 18.1. The summed E-state index contributed by atoms with van der Waals surface area (Å²) < 4.78 is 37.6. The van der Waals surface area contributed by atoms with E-state index in [0.717, 1.165) is 62.1 Å². The van der Waals surface area contributed by atoms with E-state index < -0.39 is 30.2 Å². The van der Waals surface area contributed by atoms with Gasteiger partial charge >= 0.3 is 6.03 Å². The molecule has 8 nitrogen and oxygen atoms in total. The smallest absolute Gasteiger partial charge is 0.319 e. The van der Waals surface area contributed by atoms with Crippen molar-refractivity contribution in [1.29, 1.82) is 0 Å². The number of primary amides is 1. The van der Waals surface area contributed by atoms with Gasteiger partial charge in [0.05, 0.1) is 5.56 Å². The van der Waals surface area contributed by atoms with Crippen LogP contribution < -0.4 is 21.1 Å². The average molecular weight is 546 g/mol. The monoisotopic (exact) mass is 545 g/mol. The van der Waals surface area contributed by atoms with Crippen LogP contribution >= 0.6 is 27.5 Å². The predicted molar refractivity (Wildman–Crippen MR) is 125 cm³/mol. The Morgan fingerprint density at radius 2 is 2.06 bits per heavy atom. The van der Waals surface area contributed by atoms with Crippen LogP contribution in [0.4, 0.5) is 18.6 Å². The van der Waals surface area contributed by atoms with E-state index in [0.29, 0.717) is 6.54 Å². The number of rotatable bonds is 10. The summed E-state index contributed by atoms with van der Waals surface area (Å²) in [5, 5.41) is 5.37. The van der Waals surface area contributed by atoms with Crippen molar-refractivity contribution in [1.82, 2.24) is 14.6 Å². The van der Waals surface area contributed by atoms with Gasteiger partial charge in [0.1, 0.15) is 28.8 Å². The van der Waals surface area contributed by atoms with Gasteiger partial charge in [0.25, 0.3) is 5.91 Å². The fourth-order valence-electron chi connectivity index (χ4n) is 3.57. The molecule has 33 heavy (non-hydrogen) atoms. The first-order valence-electron chi connectivity index (χ1n) is 10.6. The quantitative estimate of drug-likeness (QED) is 0.389. The number of urea groups is 1. The van der Waals surface area contributed by atoms with Gasteiger partial charge in [-0.3, -0.25) is 10.1 Å². The lowest BCUT2D eigenvalue weighted by atomic mass is 10.2. The largest absolute Gasteiger partial charge is 0.471 e. The fraction of sp³-hybridized carbons (Fsp3) is 0.476. The third kappa shape index (κ3) is 7.08. The maximum absolute atomic E-state index is 14.0. The van der Waals surface area contributed by atoms with Gasteiger partial charge in [0.2, 0.25) is 5.88 Å². The van der Waals surface area contributed by atoms with Gasteiger partial charge in [-0.1, -0.05) is 22.9 Å². The van der Waals surface area contributed by atoms with Crippen LogP contribution in [0.5, 0.6) is 5.88 Å². The number of anilines is 1. The van der Waals surface area contributed by atoms with Crippen molar-refractivity contribution < 1.29 is 23.1 Å². The van der Waals surface area contributed by atoms with E-state index in [1.165, 1.54) is 6.42 Å². The first-order chi connectivity index (χ1) is 15.7. The lowest BCUT2D eigenvalue weighted by Crippen LogP contribution is -2.30. The third-order valence-corrected chi connectivity index (χ3v) is 6.49. The Morgan fingerprint density at radius 1 is 1.33 bits per heavy atom. The van der Waals surface area contributed by atoms with Gasteiger partial charge in [0.15, 0.2) is 0 Å². The van der Waals surface area contributed by atoms with Crippen LogP contribution in [0.25, 0.3) is 0 Å². The number of benzene rings is 1. The van der Waals surface area contributed by atoms with E-state index in [1.54, 1.807) is 0 Å². The van der Waals surface area contributed by atoms with Gasteiger partial charge < -0.3 is 20.7 Å². The fourth-order valence-corrected chi connectivity index (χ4v) is 4.70. The van der Waals surface area contributed by atoms with E-state index in [-0.39, 0.29) is 26.5 Å². The third-order valence-electron chi connectivity index (χ3n) is 5.29. The van der Waals surface area contributed by atoms with Crippen molar-refractivity contribution in [3.05, 3.63) is 39.4 Å². The average Bonchev–Trinajstić information content (AvgIpc) is 3.32.